The van der Waals surface area contributed by atoms with Crippen LogP contribution in [-0.4, -0.2) is 40.7 Å². The lowest BCUT2D eigenvalue weighted by Crippen LogP contribution is -2.50. The molecule has 0 N–H and O–H groups in total. The van der Waals surface area contributed by atoms with E-state index < -0.39 is 0 Å². The van der Waals surface area contributed by atoms with Gasteiger partial charge in [0.2, 0.25) is 5.91 Å². The molecule has 3 rings (SSSR count). The predicted octanol–water partition coefficient (Wildman–Crippen LogP) is 2.67. The van der Waals surface area contributed by atoms with Crippen LogP contribution in [0.15, 0.2) is 36.5 Å². The summed E-state index contributed by atoms with van der Waals surface area (Å²) in [7, 11) is 0. The third-order valence-corrected chi connectivity index (χ3v) is 4.17. The quantitative estimate of drug-likeness (QED) is 0.869. The second kappa shape index (κ2) is 5.90. The number of aromatic nitrogens is 1. The van der Waals surface area contributed by atoms with Gasteiger partial charge in [-0.05, 0) is 31.4 Å². The Balaban J connectivity index is 1.65. The summed E-state index contributed by atoms with van der Waals surface area (Å²) in [5.41, 5.74) is 1.19. The first-order valence-corrected chi connectivity index (χ1v) is 7.60. The molecule has 2 aromatic rings. The zero-order valence-corrected chi connectivity index (χ0v) is 12.7. The maximum absolute atomic E-state index is 12.4. The number of benzene rings is 1. The van der Waals surface area contributed by atoms with Gasteiger partial charge in [-0.1, -0.05) is 18.2 Å². The van der Waals surface area contributed by atoms with E-state index in [9.17, 15) is 4.79 Å². The van der Waals surface area contributed by atoms with Crippen molar-refractivity contribution in [2.45, 2.75) is 39.0 Å². The van der Waals surface area contributed by atoms with Crippen LogP contribution in [0.3, 0.4) is 0 Å². The number of hydrogen-bond donors (Lipinski definition) is 0. The molecular formula is C17H22N2O2. The van der Waals surface area contributed by atoms with Gasteiger partial charge in [-0.3, -0.25) is 4.79 Å². The maximum Gasteiger partial charge on any atom is 0.224 e. The Morgan fingerprint density at radius 2 is 2.10 bits per heavy atom. The number of carbonyl (C=O) groups excluding carboxylic acids is 1. The summed E-state index contributed by atoms with van der Waals surface area (Å²) in [6.07, 6.45) is 2.73. The Kier molecular flexibility index (Phi) is 3.97. The normalized spacial score (nSPS) is 22.7. The lowest BCUT2D eigenvalue weighted by molar-refractivity contribution is -0.143. The van der Waals surface area contributed by atoms with Gasteiger partial charge < -0.3 is 14.2 Å². The highest BCUT2D eigenvalue weighted by Crippen LogP contribution is 2.17. The van der Waals surface area contributed by atoms with Gasteiger partial charge in [-0.25, -0.2) is 0 Å². The van der Waals surface area contributed by atoms with Crippen LogP contribution in [0, 0.1) is 0 Å². The number of rotatable bonds is 3. The molecule has 21 heavy (non-hydrogen) atoms. The molecule has 1 amide bonds. The fraction of sp³-hybridized carbons (Fsp3) is 0.471. The molecule has 1 aromatic heterocycles. The van der Waals surface area contributed by atoms with Crippen molar-refractivity contribution in [1.82, 2.24) is 9.47 Å². The van der Waals surface area contributed by atoms with Crippen LogP contribution >= 0.6 is 0 Å². The van der Waals surface area contributed by atoms with E-state index in [0.29, 0.717) is 19.6 Å². The summed E-state index contributed by atoms with van der Waals surface area (Å²) in [6, 6.07) is 10.5. The van der Waals surface area contributed by atoms with Crippen LogP contribution in [0.5, 0.6) is 0 Å². The van der Waals surface area contributed by atoms with Crippen LogP contribution in [0.2, 0.25) is 0 Å². The van der Waals surface area contributed by atoms with Gasteiger partial charge in [-0.15, -0.1) is 0 Å². The molecule has 4 heteroatoms. The minimum absolute atomic E-state index is 0.137. The highest BCUT2D eigenvalue weighted by atomic mass is 16.5. The highest BCUT2D eigenvalue weighted by Gasteiger charge is 2.27. The lowest BCUT2D eigenvalue weighted by Gasteiger charge is -2.37. The van der Waals surface area contributed by atoms with Gasteiger partial charge in [0.1, 0.15) is 0 Å². The molecule has 1 aromatic carbocycles. The fourth-order valence-corrected chi connectivity index (χ4v) is 2.95. The molecule has 2 atom stereocenters. The van der Waals surface area contributed by atoms with Gasteiger partial charge in [0, 0.05) is 31.2 Å². The summed E-state index contributed by atoms with van der Waals surface area (Å²) in [5.74, 6) is 0.218. The smallest absolute Gasteiger partial charge is 0.224 e. The van der Waals surface area contributed by atoms with Crippen LogP contribution in [-0.2, 0) is 16.1 Å². The van der Waals surface area contributed by atoms with Crippen LogP contribution in [0.4, 0.5) is 0 Å². The molecule has 4 nitrogen and oxygen atoms in total. The predicted molar refractivity (Wildman–Crippen MR) is 83.1 cm³/mol. The Labute approximate surface area is 125 Å². The third-order valence-electron chi connectivity index (χ3n) is 4.17. The zero-order chi connectivity index (χ0) is 14.8. The second-order valence-electron chi connectivity index (χ2n) is 5.86. The van der Waals surface area contributed by atoms with Crippen LogP contribution in [0.25, 0.3) is 10.9 Å². The molecule has 2 unspecified atom stereocenters. The Morgan fingerprint density at radius 1 is 1.29 bits per heavy atom. The number of para-hydroxylation sites is 1. The Bertz CT molecular complexity index is 635. The van der Waals surface area contributed by atoms with E-state index in [4.69, 9.17) is 4.74 Å². The largest absolute Gasteiger partial charge is 0.375 e. The summed E-state index contributed by atoms with van der Waals surface area (Å²) in [5, 5.41) is 1.22. The van der Waals surface area contributed by atoms with Crippen molar-refractivity contribution in [1.29, 1.82) is 0 Å². The van der Waals surface area contributed by atoms with Crippen molar-refractivity contribution in [3.05, 3.63) is 36.5 Å². The number of hydrogen-bond acceptors (Lipinski definition) is 2. The van der Waals surface area contributed by atoms with Crippen molar-refractivity contribution in [3.8, 4) is 0 Å². The molecule has 2 heterocycles. The monoisotopic (exact) mass is 286 g/mol. The second-order valence-corrected chi connectivity index (χ2v) is 5.86. The number of carbonyl (C=O) groups is 1. The van der Waals surface area contributed by atoms with Crippen molar-refractivity contribution < 1.29 is 9.53 Å². The number of amides is 1. The van der Waals surface area contributed by atoms with Crippen LogP contribution < -0.4 is 0 Å². The van der Waals surface area contributed by atoms with Gasteiger partial charge in [-0.2, -0.15) is 0 Å². The van der Waals surface area contributed by atoms with Gasteiger partial charge in [0.25, 0.3) is 0 Å². The standard InChI is InChI=1S/C17H22N2O2/c1-13-12-21-14(2)11-19(13)17(20)8-10-18-9-7-15-5-3-4-6-16(15)18/h3-7,9,13-14H,8,10-12H2,1-2H3. The SMILES string of the molecule is CC1CN(C(=O)CCn2ccc3ccccc32)C(C)CO1. The molecule has 0 spiro atoms. The summed E-state index contributed by atoms with van der Waals surface area (Å²) in [6.45, 7) is 6.14. The summed E-state index contributed by atoms with van der Waals surface area (Å²) in [4.78, 5) is 14.4. The van der Waals surface area contributed by atoms with E-state index in [2.05, 4.69) is 35.9 Å². The number of aryl methyl sites for hydroxylation is 1. The average molecular weight is 286 g/mol. The minimum Gasteiger partial charge on any atom is -0.375 e. The molecule has 0 bridgehead atoms. The van der Waals surface area contributed by atoms with E-state index in [1.165, 1.54) is 10.9 Å². The van der Waals surface area contributed by atoms with E-state index in [0.717, 1.165) is 6.54 Å². The molecule has 1 fully saturated rings. The average Bonchev–Trinajstić information content (AvgIpc) is 2.90. The van der Waals surface area contributed by atoms with E-state index >= 15 is 0 Å². The number of nitrogens with zero attached hydrogens (tertiary/aromatic N) is 2. The van der Waals surface area contributed by atoms with Crippen molar-refractivity contribution in [3.63, 3.8) is 0 Å². The summed E-state index contributed by atoms with van der Waals surface area (Å²) < 4.78 is 7.73. The van der Waals surface area contributed by atoms with Crippen molar-refractivity contribution >= 4 is 16.8 Å². The maximum atomic E-state index is 12.4. The molecule has 0 saturated carbocycles. The molecule has 1 aliphatic rings. The van der Waals surface area contributed by atoms with Crippen molar-refractivity contribution in [2.75, 3.05) is 13.2 Å². The number of ether oxygens (including phenoxy) is 1. The molecular weight excluding hydrogens is 264 g/mol. The lowest BCUT2D eigenvalue weighted by atomic mass is 10.2. The Morgan fingerprint density at radius 3 is 2.95 bits per heavy atom. The molecule has 0 radical (unpaired) electrons. The van der Waals surface area contributed by atoms with E-state index in [1.54, 1.807) is 0 Å². The first-order valence-electron chi connectivity index (χ1n) is 7.60. The van der Waals surface area contributed by atoms with Crippen LogP contribution in [0.1, 0.15) is 20.3 Å². The third kappa shape index (κ3) is 2.95. The Hall–Kier alpha value is -1.81. The first-order chi connectivity index (χ1) is 10.1. The molecule has 1 aliphatic heterocycles. The summed E-state index contributed by atoms with van der Waals surface area (Å²) >= 11 is 0. The first kappa shape index (κ1) is 14.1. The highest BCUT2D eigenvalue weighted by molar-refractivity contribution is 5.80. The van der Waals surface area contributed by atoms with Gasteiger partial charge in [0.15, 0.2) is 0 Å². The van der Waals surface area contributed by atoms with E-state index in [1.807, 2.05) is 24.0 Å². The minimum atomic E-state index is 0.137. The fourth-order valence-electron chi connectivity index (χ4n) is 2.95. The molecule has 0 aliphatic carbocycles. The van der Waals surface area contributed by atoms with Gasteiger partial charge >= 0.3 is 0 Å². The molecule has 112 valence electrons. The van der Waals surface area contributed by atoms with E-state index in [-0.39, 0.29) is 18.1 Å². The number of fused-ring (bicyclic) bond motifs is 1. The van der Waals surface area contributed by atoms with Crippen molar-refractivity contribution in [2.24, 2.45) is 0 Å². The number of morpholine rings is 1. The zero-order valence-electron chi connectivity index (χ0n) is 12.7. The molecule has 1 saturated heterocycles. The van der Waals surface area contributed by atoms with Gasteiger partial charge in [0.05, 0.1) is 18.8 Å². The topological polar surface area (TPSA) is 34.5 Å².